The molecule has 38 heavy (non-hydrogen) atoms. The number of nitrogens with one attached hydrogen (secondary N) is 1. The Morgan fingerprint density at radius 2 is 1.89 bits per heavy atom. The van der Waals surface area contributed by atoms with E-state index in [0.717, 1.165) is 25.7 Å². The predicted molar refractivity (Wildman–Crippen MR) is 133 cm³/mol. The third-order valence-electron chi connectivity index (χ3n) is 6.17. The first kappa shape index (κ1) is 28.7. The largest absolute Gasteiger partial charge is 0.493 e. The summed E-state index contributed by atoms with van der Waals surface area (Å²) in [5.41, 5.74) is -0.164. The molecule has 1 fully saturated rings. The highest BCUT2D eigenvalue weighted by Crippen LogP contribution is 2.33. The number of halogens is 1. The van der Waals surface area contributed by atoms with Crippen LogP contribution in [0.5, 0.6) is 17.2 Å². The van der Waals surface area contributed by atoms with E-state index in [0.29, 0.717) is 5.75 Å². The highest BCUT2D eigenvalue weighted by Gasteiger charge is 2.34. The molecule has 0 aliphatic heterocycles. The third-order valence-corrected chi connectivity index (χ3v) is 6.17. The zero-order valence-electron chi connectivity index (χ0n) is 21.9. The minimum Gasteiger partial charge on any atom is -0.493 e. The number of ether oxygens (including phenoxy) is 5. The lowest BCUT2D eigenvalue weighted by molar-refractivity contribution is -0.156. The summed E-state index contributed by atoms with van der Waals surface area (Å²) in [5, 5.41) is 2.55. The normalized spacial score (nSPS) is 15.6. The molecule has 0 bridgehead atoms. The molecule has 206 valence electrons. The number of aromatic nitrogens is 1. The maximum atomic E-state index is 13.7. The summed E-state index contributed by atoms with van der Waals surface area (Å²) in [6, 6.07) is 6.27. The van der Waals surface area contributed by atoms with Gasteiger partial charge in [-0.25, -0.2) is 14.2 Å². The number of hydrogen-bond donors (Lipinski definition) is 1. The van der Waals surface area contributed by atoms with Crippen LogP contribution in [-0.2, 0) is 19.1 Å². The second kappa shape index (κ2) is 13.6. The van der Waals surface area contributed by atoms with Gasteiger partial charge in [0.15, 0.2) is 17.2 Å². The molecule has 11 heteroatoms. The summed E-state index contributed by atoms with van der Waals surface area (Å²) in [7, 11) is 1.38. The van der Waals surface area contributed by atoms with Crippen LogP contribution < -0.4 is 19.5 Å². The number of esters is 2. The third kappa shape index (κ3) is 7.80. The van der Waals surface area contributed by atoms with Crippen molar-refractivity contribution in [2.75, 3.05) is 13.9 Å². The number of hydrogen-bond acceptors (Lipinski definition) is 9. The molecule has 1 aromatic heterocycles. The van der Waals surface area contributed by atoms with E-state index < -0.39 is 48.7 Å². The van der Waals surface area contributed by atoms with Crippen LogP contribution in [0.4, 0.5) is 4.39 Å². The van der Waals surface area contributed by atoms with Crippen LogP contribution in [0.15, 0.2) is 36.5 Å². The van der Waals surface area contributed by atoms with Gasteiger partial charge in [-0.15, -0.1) is 0 Å². The van der Waals surface area contributed by atoms with Gasteiger partial charge in [0.05, 0.1) is 7.11 Å². The van der Waals surface area contributed by atoms with Crippen LogP contribution in [0, 0.1) is 11.7 Å². The average molecular weight is 533 g/mol. The molecular formula is C27H33FN2O8. The van der Waals surface area contributed by atoms with Crippen molar-refractivity contribution in [1.29, 1.82) is 0 Å². The number of carbonyl (C=O) groups excluding carboxylic acids is 3. The van der Waals surface area contributed by atoms with Gasteiger partial charge in [0.1, 0.15) is 29.8 Å². The van der Waals surface area contributed by atoms with Gasteiger partial charge in [-0.1, -0.05) is 18.9 Å². The summed E-state index contributed by atoms with van der Waals surface area (Å²) in [6.45, 7) is 3.96. The molecule has 1 amide bonds. The Hall–Kier alpha value is -3.89. The van der Waals surface area contributed by atoms with E-state index in [1.807, 2.05) is 0 Å². The van der Waals surface area contributed by atoms with Crippen molar-refractivity contribution in [3.8, 4) is 17.2 Å². The molecule has 1 N–H and O–H groups in total. The lowest BCUT2D eigenvalue weighted by Gasteiger charge is -2.30. The molecule has 1 saturated carbocycles. The second-order valence-corrected chi connectivity index (χ2v) is 9.01. The molecule has 1 aromatic carbocycles. The first-order chi connectivity index (χ1) is 18.2. The molecular weight excluding hydrogens is 499 g/mol. The zero-order chi connectivity index (χ0) is 27.7. The number of carbonyl (C=O) groups is 3. The highest BCUT2D eigenvalue weighted by molar-refractivity contribution is 5.98. The quantitative estimate of drug-likeness (QED) is 0.321. The SMILES string of the molecule is COc1ccnc(C(=O)N[C@@H](C)C(=O)O[C@@H](C)[C@H](Oc2cccc(F)c2)C2CCCC2)c1OCOC(C)=O. The van der Waals surface area contributed by atoms with Crippen LogP contribution in [0.25, 0.3) is 0 Å². The Morgan fingerprint density at radius 3 is 2.55 bits per heavy atom. The minimum atomic E-state index is -1.04. The van der Waals surface area contributed by atoms with Crippen molar-refractivity contribution in [1.82, 2.24) is 10.3 Å². The van der Waals surface area contributed by atoms with Crippen molar-refractivity contribution in [3.63, 3.8) is 0 Å². The summed E-state index contributed by atoms with van der Waals surface area (Å²) in [5.74, 6) is -1.75. The fraction of sp³-hybridized carbons (Fsp3) is 0.481. The lowest BCUT2D eigenvalue weighted by atomic mass is 9.96. The second-order valence-electron chi connectivity index (χ2n) is 9.01. The Kier molecular flexibility index (Phi) is 10.3. The number of rotatable bonds is 12. The molecule has 2 aromatic rings. The van der Waals surface area contributed by atoms with E-state index in [2.05, 4.69) is 10.3 Å². The molecule has 3 atom stereocenters. The summed E-state index contributed by atoms with van der Waals surface area (Å²) >= 11 is 0. The summed E-state index contributed by atoms with van der Waals surface area (Å²) in [6.07, 6.45) is 4.09. The van der Waals surface area contributed by atoms with Gasteiger partial charge in [0, 0.05) is 25.3 Å². The summed E-state index contributed by atoms with van der Waals surface area (Å²) in [4.78, 5) is 41.0. The number of nitrogens with zero attached hydrogens (tertiary/aromatic N) is 1. The van der Waals surface area contributed by atoms with E-state index in [-0.39, 0.29) is 23.1 Å². The Labute approximate surface area is 220 Å². The van der Waals surface area contributed by atoms with Gasteiger partial charge in [-0.2, -0.15) is 0 Å². The van der Waals surface area contributed by atoms with Gasteiger partial charge in [0.25, 0.3) is 5.91 Å². The number of benzene rings is 1. The summed E-state index contributed by atoms with van der Waals surface area (Å²) < 4.78 is 40.9. The number of methoxy groups -OCH3 is 1. The molecule has 0 spiro atoms. The molecule has 10 nitrogen and oxygen atoms in total. The Balaban J connectivity index is 1.67. The van der Waals surface area contributed by atoms with Crippen LogP contribution in [0.1, 0.15) is 56.9 Å². The van der Waals surface area contributed by atoms with Gasteiger partial charge >= 0.3 is 11.9 Å². The number of pyridine rings is 1. The maximum absolute atomic E-state index is 13.7. The van der Waals surface area contributed by atoms with Crippen LogP contribution in [0.3, 0.4) is 0 Å². The van der Waals surface area contributed by atoms with E-state index in [4.69, 9.17) is 23.7 Å². The van der Waals surface area contributed by atoms with Crippen molar-refractivity contribution in [2.45, 2.75) is 64.7 Å². The van der Waals surface area contributed by atoms with E-state index >= 15 is 0 Å². The van der Waals surface area contributed by atoms with Crippen molar-refractivity contribution in [2.24, 2.45) is 5.92 Å². The average Bonchev–Trinajstić information content (AvgIpc) is 3.41. The molecule has 1 heterocycles. The molecule has 1 aliphatic rings. The van der Waals surface area contributed by atoms with Crippen molar-refractivity contribution < 1.29 is 42.5 Å². The van der Waals surface area contributed by atoms with E-state index in [9.17, 15) is 18.8 Å². The monoisotopic (exact) mass is 532 g/mol. The molecule has 1 aliphatic carbocycles. The lowest BCUT2D eigenvalue weighted by Crippen LogP contribution is -2.45. The van der Waals surface area contributed by atoms with Crippen LogP contribution in [0.2, 0.25) is 0 Å². The van der Waals surface area contributed by atoms with Gasteiger partial charge < -0.3 is 29.0 Å². The first-order valence-corrected chi connectivity index (χ1v) is 12.4. The Morgan fingerprint density at radius 1 is 1.16 bits per heavy atom. The van der Waals surface area contributed by atoms with E-state index in [1.54, 1.807) is 19.1 Å². The maximum Gasteiger partial charge on any atom is 0.328 e. The van der Waals surface area contributed by atoms with E-state index in [1.165, 1.54) is 45.4 Å². The fourth-order valence-corrected chi connectivity index (χ4v) is 4.30. The first-order valence-electron chi connectivity index (χ1n) is 12.4. The molecule has 0 saturated heterocycles. The zero-order valence-corrected chi connectivity index (χ0v) is 21.9. The number of amides is 1. The molecule has 0 radical (unpaired) electrons. The predicted octanol–water partition coefficient (Wildman–Crippen LogP) is 3.82. The molecule has 3 rings (SSSR count). The standard InChI is InChI=1S/C27H33FN2O8/c1-16(30-26(32)23-25(36-15-35-18(3)31)22(34-4)12-13-29-23)27(33)37-17(2)24(19-8-5-6-9-19)38-21-11-7-10-20(28)14-21/h7,10-14,16-17,19,24H,5-6,8-9,15H2,1-4H3,(H,30,32)/t16-,17-,24-/m0/s1. The van der Waals surface area contributed by atoms with Crippen LogP contribution in [-0.4, -0.2) is 55.0 Å². The molecule has 0 unspecified atom stereocenters. The smallest absolute Gasteiger partial charge is 0.328 e. The van der Waals surface area contributed by atoms with Gasteiger partial charge in [-0.3, -0.25) is 9.59 Å². The van der Waals surface area contributed by atoms with Crippen molar-refractivity contribution >= 4 is 17.8 Å². The highest BCUT2D eigenvalue weighted by atomic mass is 19.1. The minimum absolute atomic E-state index is 0.0486. The van der Waals surface area contributed by atoms with Crippen molar-refractivity contribution in [3.05, 3.63) is 48.0 Å². The fourth-order valence-electron chi connectivity index (χ4n) is 4.30. The Bertz CT molecular complexity index is 1120. The van der Waals surface area contributed by atoms with Gasteiger partial charge in [0.2, 0.25) is 6.79 Å². The topological polar surface area (TPSA) is 122 Å². The van der Waals surface area contributed by atoms with Crippen LogP contribution >= 0.6 is 0 Å². The van der Waals surface area contributed by atoms with Gasteiger partial charge in [-0.05, 0) is 44.7 Å².